The number of hydrogen-bond acceptors (Lipinski definition) is 3. The van der Waals surface area contributed by atoms with Gasteiger partial charge in [-0.3, -0.25) is 4.99 Å². The van der Waals surface area contributed by atoms with Gasteiger partial charge in [0.1, 0.15) is 0 Å². The molecule has 1 heterocycles. The summed E-state index contributed by atoms with van der Waals surface area (Å²) in [5, 5.41) is 7.79. The van der Waals surface area contributed by atoms with E-state index in [-0.39, 0.29) is 0 Å². The summed E-state index contributed by atoms with van der Waals surface area (Å²) in [6.07, 6.45) is 0. The van der Waals surface area contributed by atoms with E-state index in [1.807, 2.05) is 13.8 Å². The van der Waals surface area contributed by atoms with E-state index in [9.17, 15) is 0 Å². The van der Waals surface area contributed by atoms with Gasteiger partial charge in [-0.1, -0.05) is 22.0 Å². The molecule has 0 amide bonds. The average molecular weight is 381 g/mol. The van der Waals surface area contributed by atoms with Crippen LogP contribution in [0.4, 0.5) is 0 Å². The Morgan fingerprint density at radius 2 is 1.95 bits per heavy atom. The average Bonchev–Trinajstić information content (AvgIpc) is 2.79. The summed E-state index contributed by atoms with van der Waals surface area (Å²) >= 11 is 5.21. The van der Waals surface area contributed by atoms with Gasteiger partial charge in [-0.25, -0.2) is 4.98 Å². The predicted molar refractivity (Wildman–Crippen MR) is 97.5 cm³/mol. The third-order valence-corrected chi connectivity index (χ3v) is 4.96. The maximum Gasteiger partial charge on any atom is 0.191 e. The van der Waals surface area contributed by atoms with E-state index in [0.29, 0.717) is 0 Å². The molecule has 4 nitrogen and oxygen atoms in total. The Kier molecular flexibility index (Phi) is 5.97. The SMILES string of the molecule is CN=C(NCc1ccc(Br)cc1C)NCc1sc(C)nc1C. The highest BCUT2D eigenvalue weighted by atomic mass is 79.9. The second-order valence-corrected chi connectivity index (χ2v) is 7.30. The van der Waals surface area contributed by atoms with Crippen LogP contribution in [-0.2, 0) is 13.1 Å². The van der Waals surface area contributed by atoms with E-state index in [1.54, 1.807) is 18.4 Å². The number of guanidine groups is 1. The number of hydrogen-bond donors (Lipinski definition) is 2. The number of halogens is 1. The fourth-order valence-electron chi connectivity index (χ4n) is 2.16. The second kappa shape index (κ2) is 7.74. The summed E-state index contributed by atoms with van der Waals surface area (Å²) < 4.78 is 1.10. The molecule has 0 aliphatic rings. The molecule has 22 heavy (non-hydrogen) atoms. The summed E-state index contributed by atoms with van der Waals surface area (Å²) in [4.78, 5) is 9.96. The molecule has 0 saturated heterocycles. The molecular weight excluding hydrogens is 360 g/mol. The van der Waals surface area contributed by atoms with E-state index in [0.717, 1.165) is 34.2 Å². The lowest BCUT2D eigenvalue weighted by Gasteiger charge is -2.13. The van der Waals surface area contributed by atoms with Crippen LogP contribution in [0.15, 0.2) is 27.7 Å². The predicted octanol–water partition coefficient (Wildman–Crippen LogP) is 3.70. The fraction of sp³-hybridized carbons (Fsp3) is 0.375. The van der Waals surface area contributed by atoms with Crippen LogP contribution in [0.1, 0.15) is 26.7 Å². The molecule has 0 fully saturated rings. The molecule has 0 saturated carbocycles. The van der Waals surface area contributed by atoms with Gasteiger partial charge in [-0.05, 0) is 44.0 Å². The zero-order valence-corrected chi connectivity index (χ0v) is 15.7. The van der Waals surface area contributed by atoms with Crippen LogP contribution in [0.5, 0.6) is 0 Å². The van der Waals surface area contributed by atoms with Crippen molar-refractivity contribution in [3.05, 3.63) is 49.4 Å². The van der Waals surface area contributed by atoms with Crippen LogP contribution >= 0.6 is 27.3 Å². The first-order valence-corrected chi connectivity index (χ1v) is 8.73. The van der Waals surface area contributed by atoms with Crippen molar-refractivity contribution in [1.29, 1.82) is 0 Å². The zero-order valence-electron chi connectivity index (χ0n) is 13.3. The summed E-state index contributed by atoms with van der Waals surface area (Å²) in [6.45, 7) is 7.68. The Bertz CT molecular complexity index is 679. The van der Waals surface area contributed by atoms with Crippen molar-refractivity contribution in [1.82, 2.24) is 15.6 Å². The minimum atomic E-state index is 0.746. The highest BCUT2D eigenvalue weighted by Gasteiger charge is 2.06. The smallest absolute Gasteiger partial charge is 0.191 e. The topological polar surface area (TPSA) is 49.3 Å². The quantitative estimate of drug-likeness (QED) is 0.627. The maximum absolute atomic E-state index is 4.44. The van der Waals surface area contributed by atoms with Gasteiger partial charge >= 0.3 is 0 Å². The highest BCUT2D eigenvalue weighted by Crippen LogP contribution is 2.17. The van der Waals surface area contributed by atoms with Crippen LogP contribution in [0.2, 0.25) is 0 Å². The number of aryl methyl sites for hydroxylation is 3. The van der Waals surface area contributed by atoms with Crippen molar-refractivity contribution in [2.75, 3.05) is 7.05 Å². The van der Waals surface area contributed by atoms with E-state index in [4.69, 9.17) is 0 Å². The number of thiazole rings is 1. The molecule has 2 rings (SSSR count). The molecule has 0 atom stereocenters. The van der Waals surface area contributed by atoms with E-state index in [2.05, 4.69) is 61.7 Å². The van der Waals surface area contributed by atoms with Crippen molar-refractivity contribution in [2.24, 2.45) is 4.99 Å². The number of aromatic nitrogens is 1. The summed E-state index contributed by atoms with van der Waals surface area (Å²) in [7, 11) is 1.79. The van der Waals surface area contributed by atoms with Gasteiger partial charge in [0.25, 0.3) is 0 Å². The monoisotopic (exact) mass is 380 g/mol. The van der Waals surface area contributed by atoms with E-state index in [1.165, 1.54) is 16.0 Å². The van der Waals surface area contributed by atoms with Gasteiger partial charge in [0, 0.05) is 22.9 Å². The normalized spacial score (nSPS) is 11.6. The Morgan fingerprint density at radius 3 is 2.55 bits per heavy atom. The first-order chi connectivity index (χ1) is 10.5. The number of rotatable bonds is 4. The molecule has 2 aromatic rings. The molecule has 0 spiro atoms. The minimum absolute atomic E-state index is 0.746. The number of aliphatic imine (C=N–C) groups is 1. The molecule has 0 aliphatic heterocycles. The molecule has 2 N–H and O–H groups in total. The number of benzene rings is 1. The van der Waals surface area contributed by atoms with Crippen LogP contribution < -0.4 is 10.6 Å². The van der Waals surface area contributed by atoms with Crippen molar-refractivity contribution in [3.63, 3.8) is 0 Å². The number of nitrogens with one attached hydrogen (secondary N) is 2. The molecule has 6 heteroatoms. The lowest BCUT2D eigenvalue weighted by Crippen LogP contribution is -2.36. The van der Waals surface area contributed by atoms with Crippen LogP contribution in [0, 0.1) is 20.8 Å². The Hall–Kier alpha value is -1.40. The van der Waals surface area contributed by atoms with Gasteiger partial charge in [-0.2, -0.15) is 0 Å². The third-order valence-electron chi connectivity index (χ3n) is 3.39. The largest absolute Gasteiger partial charge is 0.352 e. The Balaban J connectivity index is 1.91. The third kappa shape index (κ3) is 4.55. The minimum Gasteiger partial charge on any atom is -0.352 e. The maximum atomic E-state index is 4.44. The fourth-order valence-corrected chi connectivity index (χ4v) is 3.51. The summed E-state index contributed by atoms with van der Waals surface area (Å²) in [6, 6.07) is 6.30. The first kappa shape index (κ1) is 17.0. The summed E-state index contributed by atoms with van der Waals surface area (Å²) in [5.74, 6) is 0.799. The lowest BCUT2D eigenvalue weighted by atomic mass is 10.1. The van der Waals surface area contributed by atoms with Crippen LogP contribution in [-0.4, -0.2) is 18.0 Å². The van der Waals surface area contributed by atoms with Crippen molar-refractivity contribution < 1.29 is 0 Å². The molecular formula is C16H21BrN4S. The van der Waals surface area contributed by atoms with E-state index < -0.39 is 0 Å². The summed E-state index contributed by atoms with van der Waals surface area (Å²) in [5.41, 5.74) is 3.61. The second-order valence-electron chi connectivity index (χ2n) is 5.09. The first-order valence-electron chi connectivity index (χ1n) is 7.12. The van der Waals surface area contributed by atoms with Gasteiger partial charge in [0.15, 0.2) is 5.96 Å². The molecule has 0 unspecified atom stereocenters. The van der Waals surface area contributed by atoms with Crippen molar-refractivity contribution in [3.8, 4) is 0 Å². The Morgan fingerprint density at radius 1 is 1.23 bits per heavy atom. The molecule has 1 aromatic carbocycles. The van der Waals surface area contributed by atoms with Crippen molar-refractivity contribution in [2.45, 2.75) is 33.9 Å². The van der Waals surface area contributed by atoms with E-state index >= 15 is 0 Å². The Labute approximate surface area is 144 Å². The van der Waals surface area contributed by atoms with Crippen molar-refractivity contribution >= 4 is 33.2 Å². The molecule has 118 valence electrons. The highest BCUT2D eigenvalue weighted by molar-refractivity contribution is 9.10. The lowest BCUT2D eigenvalue weighted by molar-refractivity contribution is 0.808. The zero-order chi connectivity index (χ0) is 16.1. The molecule has 0 aliphatic carbocycles. The van der Waals surface area contributed by atoms with Gasteiger partial charge in [0.2, 0.25) is 0 Å². The van der Waals surface area contributed by atoms with Crippen LogP contribution in [0.3, 0.4) is 0 Å². The standard InChI is InChI=1S/C16H21BrN4S/c1-10-7-14(17)6-5-13(10)8-19-16(18-4)20-9-15-11(2)21-12(3)22-15/h5-7H,8-9H2,1-4H3,(H2,18,19,20). The molecule has 0 bridgehead atoms. The molecule has 1 aromatic heterocycles. The van der Waals surface area contributed by atoms with Gasteiger partial charge in [-0.15, -0.1) is 11.3 Å². The number of nitrogens with zero attached hydrogens (tertiary/aromatic N) is 2. The van der Waals surface area contributed by atoms with Gasteiger partial charge in [0.05, 0.1) is 17.2 Å². The molecule has 0 radical (unpaired) electrons. The van der Waals surface area contributed by atoms with Gasteiger partial charge < -0.3 is 10.6 Å². The van der Waals surface area contributed by atoms with Crippen LogP contribution in [0.25, 0.3) is 0 Å².